The number of carbonyl (C=O) groups excluding carboxylic acids is 2. The van der Waals surface area contributed by atoms with Crippen molar-refractivity contribution < 1.29 is 29.3 Å². The first kappa shape index (κ1) is 16.7. The number of allylic oxidation sites excluding steroid dienone is 4. The van der Waals surface area contributed by atoms with Gasteiger partial charge in [0, 0.05) is 42.7 Å². The molecule has 0 fully saturated rings. The van der Waals surface area contributed by atoms with Crippen LogP contribution in [0.3, 0.4) is 0 Å². The van der Waals surface area contributed by atoms with Crippen molar-refractivity contribution in [2.45, 2.75) is 44.4 Å². The van der Waals surface area contributed by atoms with E-state index >= 15 is 0 Å². The highest BCUT2D eigenvalue weighted by Crippen LogP contribution is 2.44. The van der Waals surface area contributed by atoms with Crippen molar-refractivity contribution in [1.29, 1.82) is 0 Å². The van der Waals surface area contributed by atoms with Crippen molar-refractivity contribution >= 4 is 11.6 Å². The van der Waals surface area contributed by atoms with Crippen LogP contribution >= 0.6 is 0 Å². The summed E-state index contributed by atoms with van der Waals surface area (Å²) < 4.78 is 10.8. The fourth-order valence-electron chi connectivity index (χ4n) is 3.92. The maximum absolute atomic E-state index is 12.6. The highest BCUT2D eigenvalue weighted by atomic mass is 16.7. The lowest BCUT2D eigenvalue weighted by Gasteiger charge is -2.28. The van der Waals surface area contributed by atoms with E-state index < -0.39 is 5.92 Å². The molecule has 0 saturated carbocycles. The minimum absolute atomic E-state index is 0.00240. The first-order valence-electron chi connectivity index (χ1n) is 8.86. The van der Waals surface area contributed by atoms with Crippen LogP contribution in [0.1, 0.15) is 50.0 Å². The number of rotatable bonds is 3. The van der Waals surface area contributed by atoms with Gasteiger partial charge in [-0.25, -0.2) is 0 Å². The summed E-state index contributed by atoms with van der Waals surface area (Å²) in [6.07, 6.45) is 2.60. The Hall–Kier alpha value is -2.76. The van der Waals surface area contributed by atoms with E-state index in [1.165, 1.54) is 0 Å². The van der Waals surface area contributed by atoms with E-state index in [0.29, 0.717) is 55.6 Å². The van der Waals surface area contributed by atoms with Gasteiger partial charge in [0.15, 0.2) is 23.1 Å². The largest absolute Gasteiger partial charge is 0.512 e. The average Bonchev–Trinajstić information content (AvgIpc) is 3.07. The van der Waals surface area contributed by atoms with E-state index in [4.69, 9.17) is 9.47 Å². The topological polar surface area (TPSA) is 93.1 Å². The fraction of sp³-hybridized carbons (Fsp3) is 0.400. The Morgan fingerprint density at radius 2 is 1.38 bits per heavy atom. The molecular formula is C20H20O6. The van der Waals surface area contributed by atoms with E-state index in [9.17, 15) is 19.8 Å². The molecule has 6 heteroatoms. The Kier molecular flexibility index (Phi) is 4.18. The molecule has 4 rings (SSSR count). The van der Waals surface area contributed by atoms with Crippen molar-refractivity contribution in [3.05, 3.63) is 46.4 Å². The van der Waals surface area contributed by atoms with Gasteiger partial charge in [-0.05, 0) is 30.5 Å². The van der Waals surface area contributed by atoms with Gasteiger partial charge in [-0.1, -0.05) is 6.07 Å². The van der Waals surface area contributed by atoms with Crippen LogP contribution in [-0.2, 0) is 9.59 Å². The lowest BCUT2D eigenvalue weighted by atomic mass is 9.74. The molecule has 136 valence electrons. The third-order valence-electron chi connectivity index (χ3n) is 5.16. The number of ether oxygens (including phenoxy) is 2. The van der Waals surface area contributed by atoms with Gasteiger partial charge < -0.3 is 19.7 Å². The quantitative estimate of drug-likeness (QED) is 0.859. The van der Waals surface area contributed by atoms with Crippen LogP contribution in [0.15, 0.2) is 40.9 Å². The second kappa shape index (κ2) is 6.52. The van der Waals surface area contributed by atoms with Crippen LogP contribution in [0.5, 0.6) is 11.5 Å². The van der Waals surface area contributed by atoms with Crippen LogP contribution in [0.2, 0.25) is 0 Å². The number of hydrogen-bond donors (Lipinski definition) is 2. The zero-order chi connectivity index (χ0) is 18.3. The predicted octanol–water partition coefficient (Wildman–Crippen LogP) is 3.63. The van der Waals surface area contributed by atoms with Crippen LogP contribution in [0, 0.1) is 0 Å². The highest BCUT2D eigenvalue weighted by Gasteiger charge is 2.37. The van der Waals surface area contributed by atoms with E-state index in [0.717, 1.165) is 0 Å². The molecule has 1 aliphatic heterocycles. The molecular weight excluding hydrogens is 336 g/mol. The van der Waals surface area contributed by atoms with E-state index in [2.05, 4.69) is 0 Å². The third kappa shape index (κ3) is 2.75. The number of carbonyl (C=O) groups is 2. The van der Waals surface area contributed by atoms with Gasteiger partial charge in [-0.2, -0.15) is 0 Å². The molecule has 2 aliphatic carbocycles. The number of aliphatic hydroxyl groups is 2. The third-order valence-corrected chi connectivity index (χ3v) is 5.16. The van der Waals surface area contributed by atoms with Crippen molar-refractivity contribution in [3.63, 3.8) is 0 Å². The summed E-state index contributed by atoms with van der Waals surface area (Å²) in [5.74, 6) is -0.0338. The molecule has 0 spiro atoms. The normalized spacial score (nSPS) is 20.3. The summed E-state index contributed by atoms with van der Waals surface area (Å²) in [7, 11) is 0. The molecule has 1 heterocycles. The number of Topliss-reactive ketones (excluding diaryl/α,β-unsaturated/α-hetero) is 2. The number of aliphatic hydroxyl groups excluding tert-OH is 2. The zero-order valence-corrected chi connectivity index (χ0v) is 14.3. The van der Waals surface area contributed by atoms with E-state index in [1.807, 2.05) is 0 Å². The molecule has 26 heavy (non-hydrogen) atoms. The lowest BCUT2D eigenvalue weighted by Crippen LogP contribution is -2.25. The van der Waals surface area contributed by atoms with Gasteiger partial charge >= 0.3 is 0 Å². The summed E-state index contributed by atoms with van der Waals surface area (Å²) in [5, 5.41) is 20.9. The smallest absolute Gasteiger partial charge is 0.231 e. The second-order valence-electron chi connectivity index (χ2n) is 6.82. The summed E-state index contributed by atoms with van der Waals surface area (Å²) in [5.41, 5.74) is 1.06. The standard InChI is InChI=1S/C20H20O6/c21-12-3-1-4-13(22)19(12)18(20-14(23)5-2-6-15(20)24)11-7-8-16-17(9-11)26-10-25-16/h7-9,18,21,23H,1-6,10H2. The van der Waals surface area contributed by atoms with Crippen molar-refractivity contribution in [2.75, 3.05) is 6.79 Å². The monoisotopic (exact) mass is 356 g/mol. The van der Waals surface area contributed by atoms with Gasteiger partial charge in [0.25, 0.3) is 0 Å². The average molecular weight is 356 g/mol. The van der Waals surface area contributed by atoms with Crippen LogP contribution < -0.4 is 9.47 Å². The van der Waals surface area contributed by atoms with Gasteiger partial charge in [0.1, 0.15) is 0 Å². The molecule has 0 amide bonds. The Bertz CT molecular complexity index is 806. The Labute approximate surface area is 150 Å². The minimum Gasteiger partial charge on any atom is -0.512 e. The first-order valence-corrected chi connectivity index (χ1v) is 8.86. The van der Waals surface area contributed by atoms with E-state index in [1.54, 1.807) is 18.2 Å². The Morgan fingerprint density at radius 1 is 0.808 bits per heavy atom. The lowest BCUT2D eigenvalue weighted by molar-refractivity contribution is -0.117. The van der Waals surface area contributed by atoms with Gasteiger partial charge in [-0.15, -0.1) is 0 Å². The molecule has 0 unspecified atom stereocenters. The van der Waals surface area contributed by atoms with Crippen molar-refractivity contribution in [1.82, 2.24) is 0 Å². The molecule has 0 bridgehead atoms. The van der Waals surface area contributed by atoms with Crippen molar-refractivity contribution in [3.8, 4) is 11.5 Å². The summed E-state index contributed by atoms with van der Waals surface area (Å²) in [6.45, 7) is 0.114. The Balaban J connectivity index is 1.90. The van der Waals surface area contributed by atoms with Crippen molar-refractivity contribution in [2.24, 2.45) is 0 Å². The summed E-state index contributed by atoms with van der Waals surface area (Å²) in [6, 6.07) is 5.19. The molecule has 0 radical (unpaired) electrons. The summed E-state index contributed by atoms with van der Waals surface area (Å²) >= 11 is 0. The molecule has 6 nitrogen and oxygen atoms in total. The highest BCUT2D eigenvalue weighted by molar-refractivity contribution is 6.05. The summed E-state index contributed by atoms with van der Waals surface area (Å²) in [4.78, 5) is 25.2. The number of hydrogen-bond acceptors (Lipinski definition) is 6. The Morgan fingerprint density at radius 3 is 1.96 bits per heavy atom. The molecule has 0 saturated heterocycles. The number of fused-ring (bicyclic) bond motifs is 1. The maximum Gasteiger partial charge on any atom is 0.231 e. The second-order valence-corrected chi connectivity index (χ2v) is 6.82. The fourth-order valence-corrected chi connectivity index (χ4v) is 3.92. The minimum atomic E-state index is -0.787. The zero-order valence-electron chi connectivity index (χ0n) is 14.3. The molecule has 2 N–H and O–H groups in total. The van der Waals surface area contributed by atoms with Crippen LogP contribution in [0.4, 0.5) is 0 Å². The maximum atomic E-state index is 12.6. The predicted molar refractivity (Wildman–Crippen MR) is 92.3 cm³/mol. The molecule has 1 aromatic carbocycles. The van der Waals surface area contributed by atoms with Gasteiger partial charge in [-0.3, -0.25) is 9.59 Å². The molecule has 1 aromatic rings. The van der Waals surface area contributed by atoms with Gasteiger partial charge in [0.05, 0.1) is 11.5 Å². The molecule has 0 atom stereocenters. The van der Waals surface area contributed by atoms with Gasteiger partial charge in [0.2, 0.25) is 6.79 Å². The number of benzene rings is 1. The SMILES string of the molecule is O=C1CCCC(O)=C1C(C1=C(O)CCCC1=O)c1ccc2c(c1)OCO2. The van der Waals surface area contributed by atoms with E-state index in [-0.39, 0.29) is 41.0 Å². The first-order chi connectivity index (χ1) is 12.6. The van der Waals surface area contributed by atoms with Crippen LogP contribution in [-0.4, -0.2) is 28.6 Å². The number of ketones is 2. The van der Waals surface area contributed by atoms with Crippen LogP contribution in [0.25, 0.3) is 0 Å². The molecule has 3 aliphatic rings. The molecule has 0 aromatic heterocycles.